The molecule has 13 rings (SSSR count). The average Bonchev–Trinajstić information content (AvgIpc) is 3.85. The van der Waals surface area contributed by atoms with Crippen molar-refractivity contribution < 1.29 is 0 Å². The zero-order chi connectivity index (χ0) is 41.4. The Bertz CT molecular complexity index is 3830. The summed E-state index contributed by atoms with van der Waals surface area (Å²) < 4.78 is 9.22. The fourth-order valence-electron chi connectivity index (χ4n) is 9.52. The Kier molecular flexibility index (Phi) is 8.01. The Labute approximate surface area is 366 Å². The van der Waals surface area contributed by atoms with Gasteiger partial charge in [0, 0.05) is 38.4 Å². The molecule has 13 aromatic rings. The molecule has 63 heavy (non-hydrogen) atoms. The van der Waals surface area contributed by atoms with Gasteiger partial charge in [0.2, 0.25) is 0 Å². The highest BCUT2D eigenvalue weighted by atomic mass is 32.1. The average molecular weight is 820 g/mol. The molecule has 0 atom stereocenters. The standard InChI is InChI=1S/C57H33N5S/c1-3-13-40-38(11-1)31-48(44-17-7-5-15-42(40)44)53-33-52(59-57(60-53)49-32-39-12-2-4-14-41(39)43-16-6-8-18-45(43)49)36-25-21-34(22-26-36)35-23-27-37(28-24-35)55-47-29-30-51-56(62-63-61-51)54(47)46-19-9-10-20-50(46)58-55/h1-33H. The van der Waals surface area contributed by atoms with Crippen molar-refractivity contribution in [3.8, 4) is 56.3 Å². The molecule has 0 amide bonds. The van der Waals surface area contributed by atoms with Crippen molar-refractivity contribution >= 4 is 87.5 Å². The first kappa shape index (κ1) is 35.6. The van der Waals surface area contributed by atoms with Gasteiger partial charge in [-0.05, 0) is 90.6 Å². The largest absolute Gasteiger partial charge is 0.247 e. The second-order valence-corrected chi connectivity index (χ2v) is 16.6. The molecule has 0 bridgehead atoms. The van der Waals surface area contributed by atoms with Gasteiger partial charge >= 0.3 is 0 Å². The summed E-state index contributed by atoms with van der Waals surface area (Å²) in [7, 11) is 0. The lowest BCUT2D eigenvalue weighted by atomic mass is 9.94. The van der Waals surface area contributed by atoms with Crippen LogP contribution in [0.2, 0.25) is 0 Å². The summed E-state index contributed by atoms with van der Waals surface area (Å²) >= 11 is 1.25. The van der Waals surface area contributed by atoms with Crippen LogP contribution in [0.25, 0.3) is 132 Å². The van der Waals surface area contributed by atoms with Crippen LogP contribution >= 0.6 is 11.7 Å². The first-order valence-electron chi connectivity index (χ1n) is 21.1. The van der Waals surface area contributed by atoms with E-state index in [1.54, 1.807) is 0 Å². The quantitative estimate of drug-likeness (QED) is 0.162. The third kappa shape index (κ3) is 5.80. The van der Waals surface area contributed by atoms with Crippen molar-refractivity contribution in [1.82, 2.24) is 23.7 Å². The van der Waals surface area contributed by atoms with Gasteiger partial charge in [0.25, 0.3) is 0 Å². The van der Waals surface area contributed by atoms with Gasteiger partial charge in [-0.3, -0.25) is 0 Å². The van der Waals surface area contributed by atoms with Crippen LogP contribution < -0.4 is 0 Å². The van der Waals surface area contributed by atoms with Gasteiger partial charge < -0.3 is 0 Å². The molecule has 3 aromatic heterocycles. The Morgan fingerprint density at radius 3 is 1.52 bits per heavy atom. The summed E-state index contributed by atoms with van der Waals surface area (Å²) in [5.41, 5.74) is 11.9. The van der Waals surface area contributed by atoms with E-state index in [0.717, 1.165) is 99.3 Å². The molecule has 0 aliphatic rings. The number of rotatable bonds is 5. The Morgan fingerprint density at radius 2 is 0.841 bits per heavy atom. The van der Waals surface area contributed by atoms with Crippen LogP contribution in [-0.4, -0.2) is 23.7 Å². The van der Waals surface area contributed by atoms with Gasteiger partial charge in [0.15, 0.2) is 5.82 Å². The summed E-state index contributed by atoms with van der Waals surface area (Å²) in [5, 5.41) is 12.7. The lowest BCUT2D eigenvalue weighted by Gasteiger charge is -2.15. The summed E-state index contributed by atoms with van der Waals surface area (Å²) in [6.45, 7) is 0. The minimum atomic E-state index is 0.697. The number of hydrogen-bond donors (Lipinski definition) is 0. The van der Waals surface area contributed by atoms with E-state index in [1.165, 1.54) is 38.7 Å². The van der Waals surface area contributed by atoms with E-state index < -0.39 is 0 Å². The third-order valence-electron chi connectivity index (χ3n) is 12.5. The molecule has 0 saturated heterocycles. The van der Waals surface area contributed by atoms with Crippen molar-refractivity contribution in [2.24, 2.45) is 0 Å². The Balaban J connectivity index is 0.938. The predicted molar refractivity (Wildman–Crippen MR) is 263 cm³/mol. The third-order valence-corrected chi connectivity index (χ3v) is 13.1. The van der Waals surface area contributed by atoms with E-state index in [0.29, 0.717) is 5.82 Å². The first-order chi connectivity index (χ1) is 31.2. The summed E-state index contributed by atoms with van der Waals surface area (Å²) in [6.07, 6.45) is 0. The molecule has 0 aliphatic carbocycles. The zero-order valence-corrected chi connectivity index (χ0v) is 34.5. The molecule has 0 radical (unpaired) electrons. The second kappa shape index (κ2) is 14.2. The van der Waals surface area contributed by atoms with Gasteiger partial charge in [0.1, 0.15) is 11.0 Å². The van der Waals surface area contributed by atoms with Gasteiger partial charge in [-0.15, -0.1) is 0 Å². The maximum Gasteiger partial charge on any atom is 0.161 e. The molecule has 0 N–H and O–H groups in total. The zero-order valence-electron chi connectivity index (χ0n) is 33.7. The molecule has 292 valence electrons. The lowest BCUT2D eigenvalue weighted by Crippen LogP contribution is -1.98. The number of fused-ring (bicyclic) bond motifs is 11. The van der Waals surface area contributed by atoms with E-state index >= 15 is 0 Å². The van der Waals surface area contributed by atoms with E-state index in [9.17, 15) is 0 Å². The van der Waals surface area contributed by atoms with Crippen LogP contribution in [0.3, 0.4) is 0 Å². The highest BCUT2D eigenvalue weighted by molar-refractivity contribution is 7.00. The lowest BCUT2D eigenvalue weighted by molar-refractivity contribution is 1.19. The highest BCUT2D eigenvalue weighted by Crippen LogP contribution is 2.40. The monoisotopic (exact) mass is 819 g/mol. The second-order valence-electron chi connectivity index (χ2n) is 16.1. The Hall–Kier alpha value is -8.19. The smallest absolute Gasteiger partial charge is 0.161 e. The summed E-state index contributed by atoms with van der Waals surface area (Å²) in [5.74, 6) is 0.697. The van der Waals surface area contributed by atoms with E-state index in [-0.39, 0.29) is 0 Å². The Morgan fingerprint density at radius 1 is 0.317 bits per heavy atom. The van der Waals surface area contributed by atoms with Crippen LogP contribution in [-0.2, 0) is 0 Å². The van der Waals surface area contributed by atoms with E-state index in [2.05, 4.69) is 198 Å². The number of hydrogen-bond acceptors (Lipinski definition) is 6. The maximum atomic E-state index is 5.44. The van der Waals surface area contributed by atoms with Crippen molar-refractivity contribution in [3.63, 3.8) is 0 Å². The molecular formula is C57H33N5S. The molecule has 5 nitrogen and oxygen atoms in total. The van der Waals surface area contributed by atoms with Crippen LogP contribution in [0.4, 0.5) is 0 Å². The van der Waals surface area contributed by atoms with Gasteiger partial charge in [-0.25, -0.2) is 15.0 Å². The number of nitrogens with zero attached hydrogens (tertiary/aromatic N) is 5. The normalized spacial score (nSPS) is 11.8. The first-order valence-corrected chi connectivity index (χ1v) is 21.8. The molecule has 0 unspecified atom stereocenters. The molecule has 0 saturated carbocycles. The summed E-state index contributed by atoms with van der Waals surface area (Å²) in [4.78, 5) is 16.0. The predicted octanol–water partition coefficient (Wildman–Crippen LogP) is 15.1. The maximum absolute atomic E-state index is 5.44. The molecule has 0 aliphatic heterocycles. The van der Waals surface area contributed by atoms with Crippen LogP contribution in [0.15, 0.2) is 200 Å². The van der Waals surface area contributed by atoms with Crippen molar-refractivity contribution in [2.45, 2.75) is 0 Å². The molecular weight excluding hydrogens is 787 g/mol. The fourth-order valence-corrected chi connectivity index (χ4v) is 10.1. The van der Waals surface area contributed by atoms with Crippen molar-refractivity contribution in [1.29, 1.82) is 0 Å². The van der Waals surface area contributed by atoms with E-state index in [1.807, 2.05) is 6.07 Å². The highest BCUT2D eigenvalue weighted by Gasteiger charge is 2.19. The van der Waals surface area contributed by atoms with Crippen LogP contribution in [0.5, 0.6) is 0 Å². The van der Waals surface area contributed by atoms with Crippen molar-refractivity contribution in [2.75, 3.05) is 0 Å². The molecule has 0 spiro atoms. The van der Waals surface area contributed by atoms with Crippen molar-refractivity contribution in [3.05, 3.63) is 200 Å². The summed E-state index contributed by atoms with van der Waals surface area (Å²) in [6, 6.07) is 71.1. The minimum Gasteiger partial charge on any atom is -0.247 e. The topological polar surface area (TPSA) is 64.5 Å². The molecule has 3 heterocycles. The number of aromatic nitrogens is 5. The molecule has 10 aromatic carbocycles. The van der Waals surface area contributed by atoms with Crippen LogP contribution in [0.1, 0.15) is 0 Å². The fraction of sp³-hybridized carbons (Fsp3) is 0. The minimum absolute atomic E-state index is 0.697. The van der Waals surface area contributed by atoms with Crippen LogP contribution in [0, 0.1) is 0 Å². The van der Waals surface area contributed by atoms with Gasteiger partial charge in [-0.1, -0.05) is 164 Å². The number of pyridine rings is 1. The van der Waals surface area contributed by atoms with E-state index in [4.69, 9.17) is 19.3 Å². The number of benzene rings is 10. The molecule has 0 fully saturated rings. The number of para-hydroxylation sites is 1. The SMILES string of the molecule is c1ccc2c(c1)cc(-c1cc(-c3ccc(-c4ccc(-c5nc6ccccc6c6c5ccc5nsnc56)cc4)cc3)nc(-c3cc4ccccc4c4ccccc34)n1)c1ccccc12. The molecule has 6 heteroatoms. The van der Waals surface area contributed by atoms with Gasteiger partial charge in [-0.2, -0.15) is 8.75 Å². The van der Waals surface area contributed by atoms with Gasteiger partial charge in [0.05, 0.1) is 34.3 Å².